The summed E-state index contributed by atoms with van der Waals surface area (Å²) in [6.07, 6.45) is -3.68. The van der Waals surface area contributed by atoms with Crippen molar-refractivity contribution >= 4 is 41.6 Å². The number of carboxylic acids is 1. The van der Waals surface area contributed by atoms with Gasteiger partial charge in [0.2, 0.25) is 17.7 Å². The van der Waals surface area contributed by atoms with E-state index >= 15 is 0 Å². The zero-order valence-corrected chi connectivity index (χ0v) is 31.9. The summed E-state index contributed by atoms with van der Waals surface area (Å²) < 4.78 is 37.0. The summed E-state index contributed by atoms with van der Waals surface area (Å²) in [6, 6.07) is 23.5. The van der Waals surface area contributed by atoms with Gasteiger partial charge in [-0.05, 0) is 62.1 Å². The third-order valence-corrected chi connectivity index (χ3v) is 8.61. The molecule has 0 aliphatic carbocycles. The van der Waals surface area contributed by atoms with Crippen molar-refractivity contribution in [2.45, 2.75) is 75.7 Å². The van der Waals surface area contributed by atoms with Crippen LogP contribution in [0.25, 0.3) is 0 Å². The molecule has 0 aliphatic rings. The normalized spacial score (nSPS) is 12.8. The number of benzene rings is 3. The third-order valence-electron chi connectivity index (χ3n) is 8.61. The number of carbonyl (C=O) groups excluding carboxylic acids is 4. The Morgan fingerprint density at radius 2 is 1.36 bits per heavy atom. The first-order valence-corrected chi connectivity index (χ1v) is 18.0. The van der Waals surface area contributed by atoms with E-state index in [2.05, 4.69) is 20.9 Å². The number of hydrogen-bond acceptors (Lipinski definition) is 8. The van der Waals surface area contributed by atoms with Crippen molar-refractivity contribution in [1.29, 1.82) is 5.41 Å². The van der Waals surface area contributed by atoms with Gasteiger partial charge in [-0.25, -0.2) is 9.59 Å². The van der Waals surface area contributed by atoms with Crippen molar-refractivity contribution in [2.24, 2.45) is 27.9 Å². The number of halogens is 3. The van der Waals surface area contributed by atoms with Gasteiger partial charge in [-0.1, -0.05) is 84.9 Å². The molecule has 58 heavy (non-hydrogen) atoms. The van der Waals surface area contributed by atoms with Crippen LogP contribution in [-0.2, 0) is 42.4 Å². The van der Waals surface area contributed by atoms with Crippen LogP contribution in [0.5, 0.6) is 0 Å². The number of aliphatic imine (C=N–C) groups is 1. The van der Waals surface area contributed by atoms with Crippen molar-refractivity contribution in [3.63, 3.8) is 0 Å². The van der Waals surface area contributed by atoms with Gasteiger partial charge in [0.25, 0.3) is 0 Å². The Hall–Kier alpha value is -6.66. The molecule has 0 fully saturated rings. The molecule has 4 amide bonds. The summed E-state index contributed by atoms with van der Waals surface area (Å²) in [6.45, 7) is 2.45. The monoisotopic (exact) mass is 813 g/mol. The average Bonchev–Trinajstić information content (AvgIpc) is 3.18. The number of ether oxygens (including phenoxy) is 1. The minimum absolute atomic E-state index is 0.0660. The number of nitrogen functional groups attached to an aromatic ring is 1. The van der Waals surface area contributed by atoms with Crippen LogP contribution in [-0.4, -0.2) is 78.0 Å². The molecule has 0 unspecified atom stereocenters. The molecule has 0 saturated heterocycles. The number of alkyl carbamates (subject to hydrolysis) is 1. The molecule has 3 aromatic rings. The largest absolute Gasteiger partial charge is 0.490 e. The number of unbranched alkanes of at least 4 members (excludes halogenated alkanes) is 1. The summed E-state index contributed by atoms with van der Waals surface area (Å²) in [5, 5.41) is 23.2. The molecule has 0 aliphatic heterocycles. The molecule has 19 heteroatoms. The fraction of sp³-hybridized carbons (Fsp3) is 0.359. The van der Waals surface area contributed by atoms with E-state index in [-0.39, 0.29) is 50.8 Å². The van der Waals surface area contributed by atoms with E-state index in [1.807, 2.05) is 72.8 Å². The number of carbonyl (C=O) groups is 5. The van der Waals surface area contributed by atoms with Gasteiger partial charge in [-0.15, -0.1) is 0 Å². The van der Waals surface area contributed by atoms with E-state index in [4.69, 9.17) is 43.0 Å². The number of guanidine groups is 1. The van der Waals surface area contributed by atoms with Gasteiger partial charge in [-0.2, -0.15) is 13.2 Å². The SMILES string of the molecule is C[C@](Cc1ccc(C(=N)N)cc1)(C(=O)N[C@@H](CCCCNC(=O)OCc1ccccc1)C(=O)N[C@@H](CCCN=C(N)N)C(N)=O)c1ccccc1.O=C(O)C(F)(F)F. The van der Waals surface area contributed by atoms with Crippen LogP contribution in [0.15, 0.2) is 89.9 Å². The number of aliphatic carboxylic acids is 1. The Bertz CT molecular complexity index is 1840. The highest BCUT2D eigenvalue weighted by Crippen LogP contribution is 2.29. The third kappa shape index (κ3) is 17.0. The number of hydrogen-bond donors (Lipinski definition) is 9. The summed E-state index contributed by atoms with van der Waals surface area (Å²) >= 11 is 0. The van der Waals surface area contributed by atoms with Crippen LogP contribution in [0.2, 0.25) is 0 Å². The number of amides is 4. The number of nitrogens with one attached hydrogen (secondary N) is 4. The number of amidine groups is 1. The van der Waals surface area contributed by atoms with Gasteiger partial charge in [-0.3, -0.25) is 24.8 Å². The molecule has 0 heterocycles. The molecular weight excluding hydrogens is 763 g/mol. The van der Waals surface area contributed by atoms with Crippen molar-refractivity contribution in [3.05, 3.63) is 107 Å². The molecule has 314 valence electrons. The first kappa shape index (κ1) is 47.5. The number of nitrogens with zero attached hydrogens (tertiary/aromatic N) is 1. The predicted molar refractivity (Wildman–Crippen MR) is 210 cm³/mol. The van der Waals surface area contributed by atoms with Crippen molar-refractivity contribution in [2.75, 3.05) is 13.1 Å². The number of nitrogens with two attached hydrogens (primary N) is 4. The van der Waals surface area contributed by atoms with Gasteiger partial charge >= 0.3 is 18.2 Å². The Balaban J connectivity index is 0.00000151. The molecule has 3 aromatic carbocycles. The lowest BCUT2D eigenvalue weighted by Crippen LogP contribution is -2.56. The molecule has 3 rings (SSSR count). The van der Waals surface area contributed by atoms with Gasteiger partial charge in [0.15, 0.2) is 5.96 Å². The molecule has 3 atom stereocenters. The first-order chi connectivity index (χ1) is 27.3. The molecule has 0 bridgehead atoms. The molecular formula is C39H50F3N9O7. The van der Waals surface area contributed by atoms with E-state index in [1.54, 1.807) is 19.1 Å². The highest BCUT2D eigenvalue weighted by atomic mass is 19.4. The highest BCUT2D eigenvalue weighted by Gasteiger charge is 2.39. The number of rotatable bonds is 20. The number of primary amides is 1. The molecule has 0 radical (unpaired) electrons. The Morgan fingerprint density at radius 1 is 0.793 bits per heavy atom. The Labute approximate surface area is 333 Å². The van der Waals surface area contributed by atoms with Crippen LogP contribution < -0.4 is 38.9 Å². The highest BCUT2D eigenvalue weighted by molar-refractivity contribution is 5.96. The van der Waals surface area contributed by atoms with Crippen LogP contribution in [0.4, 0.5) is 18.0 Å². The van der Waals surface area contributed by atoms with Crippen molar-refractivity contribution < 1.29 is 47.0 Å². The van der Waals surface area contributed by atoms with E-state index < -0.39 is 53.5 Å². The first-order valence-electron chi connectivity index (χ1n) is 18.0. The topological polar surface area (TPSA) is 291 Å². The molecule has 0 aromatic heterocycles. The lowest BCUT2D eigenvalue weighted by molar-refractivity contribution is -0.192. The van der Waals surface area contributed by atoms with Crippen LogP contribution >= 0.6 is 0 Å². The molecule has 0 spiro atoms. The second-order valence-corrected chi connectivity index (χ2v) is 13.2. The fourth-order valence-corrected chi connectivity index (χ4v) is 5.42. The lowest BCUT2D eigenvalue weighted by atomic mass is 9.76. The minimum atomic E-state index is -5.08. The van der Waals surface area contributed by atoms with Crippen molar-refractivity contribution in [1.82, 2.24) is 16.0 Å². The van der Waals surface area contributed by atoms with Gasteiger partial charge in [0.05, 0.1) is 5.41 Å². The standard InChI is InChI=1S/C37H49N9O5.C2HF3O2/c1-37(28-13-6-3-7-14-28,23-25-17-19-27(20-18-25)31(38)39)34(49)46-30(33(48)45-29(32(40)47)16-10-22-43-35(41)42)15-8-9-21-44-36(50)51-24-26-11-4-2-5-12-26;3-2(4,5)1(6)7/h2-7,11-14,17-20,29-30H,8-10,15-16,21-24H2,1H3,(H3,38,39)(H2,40,47)(H,44,50)(H,45,48)(H,46,49)(H4,41,42,43);(H,6,7)/t29-,30-,37+;/m0./s1. The molecule has 0 saturated carbocycles. The number of alkyl halides is 3. The average molecular weight is 814 g/mol. The van der Waals surface area contributed by atoms with Crippen LogP contribution in [0.1, 0.15) is 61.3 Å². The van der Waals surface area contributed by atoms with Gasteiger partial charge < -0.3 is 48.7 Å². The summed E-state index contributed by atoms with van der Waals surface area (Å²) in [7, 11) is 0. The smallest absolute Gasteiger partial charge is 0.475 e. The zero-order chi connectivity index (χ0) is 43.3. The second-order valence-electron chi connectivity index (χ2n) is 13.2. The lowest BCUT2D eigenvalue weighted by Gasteiger charge is -2.32. The van der Waals surface area contributed by atoms with Crippen molar-refractivity contribution in [3.8, 4) is 0 Å². The Kier molecular flexibility index (Phi) is 19.2. The van der Waals surface area contributed by atoms with E-state index in [1.165, 1.54) is 0 Å². The summed E-state index contributed by atoms with van der Waals surface area (Å²) in [5.41, 5.74) is 23.9. The van der Waals surface area contributed by atoms with Gasteiger partial charge in [0, 0.05) is 18.7 Å². The molecule has 13 N–H and O–H groups in total. The second kappa shape index (κ2) is 23.4. The Morgan fingerprint density at radius 3 is 1.90 bits per heavy atom. The maximum absolute atomic E-state index is 14.3. The summed E-state index contributed by atoms with van der Waals surface area (Å²) in [4.78, 5) is 65.3. The van der Waals surface area contributed by atoms with E-state index in [0.29, 0.717) is 24.8 Å². The number of carboxylic acid groups (broad SMARTS) is 1. The molecule has 16 nitrogen and oxygen atoms in total. The van der Waals surface area contributed by atoms with Crippen LogP contribution in [0, 0.1) is 5.41 Å². The fourth-order valence-electron chi connectivity index (χ4n) is 5.42. The maximum atomic E-state index is 14.3. The minimum Gasteiger partial charge on any atom is -0.475 e. The predicted octanol–water partition coefficient (Wildman–Crippen LogP) is 2.71. The maximum Gasteiger partial charge on any atom is 0.490 e. The van der Waals surface area contributed by atoms with Gasteiger partial charge in [0.1, 0.15) is 24.5 Å². The quantitative estimate of drug-likeness (QED) is 0.0457. The van der Waals surface area contributed by atoms with Crippen LogP contribution in [0.3, 0.4) is 0 Å². The summed E-state index contributed by atoms with van der Waals surface area (Å²) in [5.74, 6) is -4.63. The van der Waals surface area contributed by atoms with E-state index in [0.717, 1.165) is 16.7 Å². The van der Waals surface area contributed by atoms with E-state index in [9.17, 15) is 32.3 Å². The zero-order valence-electron chi connectivity index (χ0n) is 31.9.